The van der Waals surface area contributed by atoms with Crippen molar-refractivity contribution < 1.29 is 4.79 Å². The van der Waals surface area contributed by atoms with Crippen LogP contribution in [0.3, 0.4) is 0 Å². The van der Waals surface area contributed by atoms with Gasteiger partial charge in [0.25, 0.3) is 5.91 Å². The van der Waals surface area contributed by atoms with E-state index in [-0.39, 0.29) is 23.7 Å². The van der Waals surface area contributed by atoms with Crippen LogP contribution in [0.1, 0.15) is 56.2 Å². The van der Waals surface area contributed by atoms with Crippen LogP contribution in [0, 0.1) is 0 Å². The third-order valence-electron chi connectivity index (χ3n) is 4.68. The van der Waals surface area contributed by atoms with E-state index in [2.05, 4.69) is 31.2 Å². The van der Waals surface area contributed by atoms with Crippen LogP contribution < -0.4 is 5.32 Å². The quantitative estimate of drug-likeness (QED) is 0.860. The van der Waals surface area contributed by atoms with E-state index in [1.165, 1.54) is 12.8 Å². The zero-order valence-electron chi connectivity index (χ0n) is 13.9. The Hall–Kier alpha value is -1.07. The molecule has 124 valence electrons. The van der Waals surface area contributed by atoms with E-state index in [1.807, 2.05) is 18.0 Å². The summed E-state index contributed by atoms with van der Waals surface area (Å²) in [4.78, 5) is 14.8. The maximum Gasteiger partial charge on any atom is 0.272 e. The molecule has 2 atom stereocenters. The molecular weight excluding hydrogens is 300 g/mol. The summed E-state index contributed by atoms with van der Waals surface area (Å²) in [5.74, 6) is 0.120. The summed E-state index contributed by atoms with van der Waals surface area (Å²) >= 11 is 0. The topological polar surface area (TPSA) is 50.2 Å². The molecule has 1 aromatic rings. The molecule has 22 heavy (non-hydrogen) atoms. The fourth-order valence-electron chi connectivity index (χ4n) is 3.32. The fraction of sp³-hybridized carbons (Fsp3) is 0.750. The highest BCUT2D eigenvalue weighted by molar-refractivity contribution is 5.92. The molecule has 0 radical (unpaired) electrons. The number of hydrogen-bond acceptors (Lipinski definition) is 3. The van der Waals surface area contributed by atoms with E-state index in [9.17, 15) is 4.79 Å². The van der Waals surface area contributed by atoms with Crippen molar-refractivity contribution in [3.63, 3.8) is 0 Å². The van der Waals surface area contributed by atoms with E-state index in [0.717, 1.165) is 25.2 Å². The van der Waals surface area contributed by atoms with Crippen LogP contribution >= 0.6 is 12.4 Å². The second-order valence-corrected chi connectivity index (χ2v) is 7.47. The number of nitrogens with one attached hydrogen (secondary N) is 1. The van der Waals surface area contributed by atoms with Gasteiger partial charge >= 0.3 is 0 Å². The Labute approximate surface area is 138 Å². The summed E-state index contributed by atoms with van der Waals surface area (Å²) in [6.07, 6.45) is 3.51. The molecule has 2 unspecified atom stereocenters. The number of aryl methyl sites for hydroxylation is 1. The second kappa shape index (κ2) is 6.20. The minimum absolute atomic E-state index is 0. The van der Waals surface area contributed by atoms with E-state index in [0.29, 0.717) is 17.8 Å². The molecule has 2 aliphatic rings. The Morgan fingerprint density at radius 3 is 2.59 bits per heavy atom. The number of amides is 1. The number of carbonyl (C=O) groups excluding carboxylic acids is 1. The largest absolute Gasteiger partial charge is 0.336 e. The molecule has 0 spiro atoms. The molecule has 3 rings (SSSR count). The number of fused-ring (bicyclic) bond motifs is 2. The highest BCUT2D eigenvalue weighted by atomic mass is 35.5. The highest BCUT2D eigenvalue weighted by Gasteiger charge is 2.32. The first-order valence-electron chi connectivity index (χ1n) is 7.94. The molecule has 1 amide bonds. The lowest BCUT2D eigenvalue weighted by molar-refractivity contribution is 0.0737. The Morgan fingerprint density at radius 2 is 1.95 bits per heavy atom. The highest BCUT2D eigenvalue weighted by Crippen LogP contribution is 2.24. The summed E-state index contributed by atoms with van der Waals surface area (Å²) in [6, 6.07) is 3.03. The molecule has 2 bridgehead atoms. The van der Waals surface area contributed by atoms with Crippen molar-refractivity contribution in [1.29, 1.82) is 0 Å². The third kappa shape index (κ3) is 3.30. The molecular formula is C16H27ClN4O. The van der Waals surface area contributed by atoms with Crippen molar-refractivity contribution in [1.82, 2.24) is 20.0 Å². The van der Waals surface area contributed by atoms with Gasteiger partial charge in [0.2, 0.25) is 0 Å². The van der Waals surface area contributed by atoms with Crippen LogP contribution in [0.2, 0.25) is 0 Å². The standard InChI is InChI=1S/C16H26N4O.ClH/c1-16(2,3)14-9-13(19(4)18-14)15(21)20-8-7-11-5-6-12(10-20)17-11;/h9,11-12,17H,5-8,10H2,1-4H3;1H. The van der Waals surface area contributed by atoms with Crippen molar-refractivity contribution in [3.05, 3.63) is 17.5 Å². The zero-order valence-corrected chi connectivity index (χ0v) is 14.7. The molecule has 0 saturated carbocycles. The first kappa shape index (κ1) is 17.3. The Kier molecular flexibility index (Phi) is 4.87. The second-order valence-electron chi connectivity index (χ2n) is 7.47. The number of likely N-dealkylation sites (tertiary alicyclic amines) is 1. The van der Waals surface area contributed by atoms with Gasteiger partial charge in [-0.15, -0.1) is 12.4 Å². The van der Waals surface area contributed by atoms with Gasteiger partial charge in [-0.25, -0.2) is 0 Å². The van der Waals surface area contributed by atoms with E-state index >= 15 is 0 Å². The average Bonchev–Trinajstić information content (AvgIpc) is 2.91. The van der Waals surface area contributed by atoms with Crippen molar-refractivity contribution >= 4 is 18.3 Å². The third-order valence-corrected chi connectivity index (χ3v) is 4.68. The molecule has 3 heterocycles. The first-order chi connectivity index (χ1) is 9.84. The van der Waals surface area contributed by atoms with Crippen LogP contribution in [0.4, 0.5) is 0 Å². The maximum atomic E-state index is 12.8. The van der Waals surface area contributed by atoms with Crippen LogP contribution in [-0.2, 0) is 12.5 Å². The van der Waals surface area contributed by atoms with Crippen molar-refractivity contribution in [2.75, 3.05) is 13.1 Å². The molecule has 2 aliphatic heterocycles. The minimum Gasteiger partial charge on any atom is -0.336 e. The van der Waals surface area contributed by atoms with E-state index < -0.39 is 0 Å². The summed E-state index contributed by atoms with van der Waals surface area (Å²) in [5.41, 5.74) is 1.65. The van der Waals surface area contributed by atoms with Crippen molar-refractivity contribution in [2.45, 2.75) is 57.5 Å². The lowest BCUT2D eigenvalue weighted by Gasteiger charge is -2.24. The van der Waals surface area contributed by atoms with E-state index in [4.69, 9.17) is 0 Å². The zero-order chi connectivity index (χ0) is 15.2. The van der Waals surface area contributed by atoms with Crippen LogP contribution in [-0.4, -0.2) is 45.8 Å². The SMILES string of the molecule is Cl.Cn1nc(C(C)(C)C)cc1C(=O)N1CCC2CCC(C1)N2. The van der Waals surface area contributed by atoms with Gasteiger partial charge in [-0.3, -0.25) is 9.48 Å². The molecule has 2 fully saturated rings. The van der Waals surface area contributed by atoms with Gasteiger partial charge < -0.3 is 10.2 Å². The number of aromatic nitrogens is 2. The van der Waals surface area contributed by atoms with Gasteiger partial charge in [-0.1, -0.05) is 20.8 Å². The summed E-state index contributed by atoms with van der Waals surface area (Å²) in [5, 5.41) is 8.14. The normalized spacial score (nSPS) is 24.8. The molecule has 0 aromatic carbocycles. The molecule has 1 N–H and O–H groups in total. The van der Waals surface area contributed by atoms with E-state index in [1.54, 1.807) is 4.68 Å². The maximum absolute atomic E-state index is 12.8. The predicted octanol–water partition coefficient (Wildman–Crippen LogP) is 2.11. The molecule has 1 aromatic heterocycles. The van der Waals surface area contributed by atoms with Gasteiger partial charge in [0.15, 0.2) is 0 Å². The molecule has 0 aliphatic carbocycles. The smallest absolute Gasteiger partial charge is 0.272 e. The first-order valence-corrected chi connectivity index (χ1v) is 7.94. The Bertz CT molecular complexity index is 549. The monoisotopic (exact) mass is 326 g/mol. The average molecular weight is 327 g/mol. The Balaban J connectivity index is 0.00000176. The van der Waals surface area contributed by atoms with Gasteiger partial charge in [-0.2, -0.15) is 5.10 Å². The summed E-state index contributed by atoms with van der Waals surface area (Å²) < 4.78 is 1.74. The van der Waals surface area contributed by atoms with Gasteiger partial charge in [0, 0.05) is 37.6 Å². The molecule has 5 nitrogen and oxygen atoms in total. The van der Waals surface area contributed by atoms with Gasteiger partial charge in [-0.05, 0) is 25.3 Å². The van der Waals surface area contributed by atoms with Crippen LogP contribution in [0.25, 0.3) is 0 Å². The number of nitrogens with zero attached hydrogens (tertiary/aromatic N) is 3. The number of rotatable bonds is 1. The number of halogens is 1. The van der Waals surface area contributed by atoms with Crippen LogP contribution in [0.5, 0.6) is 0 Å². The lowest BCUT2D eigenvalue weighted by Crippen LogP contribution is -2.39. The Morgan fingerprint density at radius 1 is 1.27 bits per heavy atom. The summed E-state index contributed by atoms with van der Waals surface area (Å²) in [6.45, 7) is 8.05. The fourth-order valence-corrected chi connectivity index (χ4v) is 3.32. The number of hydrogen-bond donors (Lipinski definition) is 1. The molecule has 2 saturated heterocycles. The minimum atomic E-state index is -0.0320. The van der Waals surface area contributed by atoms with Crippen molar-refractivity contribution in [2.24, 2.45) is 7.05 Å². The van der Waals surface area contributed by atoms with Gasteiger partial charge in [0.05, 0.1) is 5.69 Å². The van der Waals surface area contributed by atoms with Crippen molar-refractivity contribution in [3.8, 4) is 0 Å². The summed E-state index contributed by atoms with van der Waals surface area (Å²) in [7, 11) is 1.87. The van der Waals surface area contributed by atoms with Gasteiger partial charge in [0.1, 0.15) is 5.69 Å². The van der Waals surface area contributed by atoms with Crippen LogP contribution in [0.15, 0.2) is 6.07 Å². The predicted molar refractivity (Wildman–Crippen MR) is 89.6 cm³/mol. The molecule has 6 heteroatoms. The lowest BCUT2D eigenvalue weighted by atomic mass is 9.92. The number of carbonyl (C=O) groups is 1.